The first-order valence-corrected chi connectivity index (χ1v) is 4.74. The van der Waals surface area contributed by atoms with Crippen LogP contribution in [0.3, 0.4) is 0 Å². The van der Waals surface area contributed by atoms with Gasteiger partial charge < -0.3 is 0 Å². The molecular formula is C7HBr2F5. The van der Waals surface area contributed by atoms with Crippen LogP contribution < -0.4 is 0 Å². The van der Waals surface area contributed by atoms with Gasteiger partial charge >= 0.3 is 6.18 Å². The summed E-state index contributed by atoms with van der Waals surface area (Å²) in [4.78, 5) is 0. The second kappa shape index (κ2) is 3.77. The highest BCUT2D eigenvalue weighted by Crippen LogP contribution is 2.41. The van der Waals surface area contributed by atoms with E-state index in [0.29, 0.717) is 6.07 Å². The van der Waals surface area contributed by atoms with Crippen molar-refractivity contribution >= 4 is 31.9 Å². The first-order chi connectivity index (χ1) is 6.25. The van der Waals surface area contributed by atoms with Crippen LogP contribution in [0.25, 0.3) is 0 Å². The maximum Gasteiger partial charge on any atom is 0.418 e. The van der Waals surface area contributed by atoms with Crippen LogP contribution in [-0.4, -0.2) is 0 Å². The van der Waals surface area contributed by atoms with E-state index >= 15 is 0 Å². The Morgan fingerprint density at radius 3 is 1.57 bits per heavy atom. The van der Waals surface area contributed by atoms with Crippen molar-refractivity contribution in [2.75, 3.05) is 0 Å². The number of rotatable bonds is 0. The van der Waals surface area contributed by atoms with E-state index in [9.17, 15) is 22.0 Å². The quantitative estimate of drug-likeness (QED) is 0.482. The molecule has 78 valence electrons. The third-order valence-corrected chi connectivity index (χ3v) is 2.95. The molecule has 0 unspecified atom stereocenters. The predicted octanol–water partition coefficient (Wildman–Crippen LogP) is 4.51. The molecule has 1 aromatic carbocycles. The van der Waals surface area contributed by atoms with Gasteiger partial charge in [0.2, 0.25) is 0 Å². The van der Waals surface area contributed by atoms with Gasteiger partial charge in [-0.2, -0.15) is 13.2 Å². The van der Waals surface area contributed by atoms with Crippen molar-refractivity contribution < 1.29 is 22.0 Å². The lowest BCUT2D eigenvalue weighted by molar-refractivity contribution is -0.139. The van der Waals surface area contributed by atoms with Gasteiger partial charge in [0.05, 0.1) is 14.5 Å². The van der Waals surface area contributed by atoms with Crippen molar-refractivity contribution in [3.8, 4) is 0 Å². The molecule has 0 fully saturated rings. The molecular weight excluding hydrogens is 339 g/mol. The summed E-state index contributed by atoms with van der Waals surface area (Å²) < 4.78 is 60.7. The van der Waals surface area contributed by atoms with Gasteiger partial charge in [0, 0.05) is 6.07 Å². The van der Waals surface area contributed by atoms with E-state index in [4.69, 9.17) is 0 Å². The van der Waals surface area contributed by atoms with Gasteiger partial charge in [-0.3, -0.25) is 0 Å². The van der Waals surface area contributed by atoms with Gasteiger partial charge in [0.1, 0.15) is 11.6 Å². The molecule has 0 aliphatic carbocycles. The van der Waals surface area contributed by atoms with Crippen molar-refractivity contribution in [3.05, 3.63) is 32.2 Å². The Labute approximate surface area is 92.4 Å². The molecule has 1 rings (SSSR count). The third-order valence-electron chi connectivity index (χ3n) is 1.40. The highest BCUT2D eigenvalue weighted by molar-refractivity contribution is 9.11. The van der Waals surface area contributed by atoms with Crippen LogP contribution in [0.15, 0.2) is 15.0 Å². The fourth-order valence-corrected chi connectivity index (χ4v) is 2.16. The summed E-state index contributed by atoms with van der Waals surface area (Å²) in [5.74, 6) is -2.59. The van der Waals surface area contributed by atoms with Crippen LogP contribution in [0, 0.1) is 11.6 Å². The van der Waals surface area contributed by atoms with Gasteiger partial charge in [0.25, 0.3) is 0 Å². The number of benzene rings is 1. The van der Waals surface area contributed by atoms with E-state index in [1.54, 1.807) is 0 Å². The lowest BCUT2D eigenvalue weighted by Gasteiger charge is -2.12. The topological polar surface area (TPSA) is 0 Å². The van der Waals surface area contributed by atoms with Gasteiger partial charge in [-0.15, -0.1) is 0 Å². The van der Waals surface area contributed by atoms with Crippen molar-refractivity contribution in [1.82, 2.24) is 0 Å². The van der Waals surface area contributed by atoms with Crippen LogP contribution in [0.5, 0.6) is 0 Å². The van der Waals surface area contributed by atoms with E-state index in [2.05, 4.69) is 31.9 Å². The minimum absolute atomic E-state index is 0.364. The van der Waals surface area contributed by atoms with Gasteiger partial charge in [-0.25, -0.2) is 8.78 Å². The average Bonchev–Trinajstić information content (AvgIpc) is 1.98. The van der Waals surface area contributed by atoms with E-state index < -0.39 is 32.3 Å². The monoisotopic (exact) mass is 338 g/mol. The van der Waals surface area contributed by atoms with E-state index in [1.807, 2.05) is 0 Å². The zero-order chi connectivity index (χ0) is 11.1. The SMILES string of the molecule is Fc1cc(F)c(Br)c(C(F)(F)F)c1Br. The minimum Gasteiger partial charge on any atom is -0.206 e. The highest BCUT2D eigenvalue weighted by Gasteiger charge is 2.38. The van der Waals surface area contributed by atoms with Crippen LogP contribution in [0.2, 0.25) is 0 Å². The molecule has 0 spiro atoms. The predicted molar refractivity (Wildman–Crippen MR) is 46.8 cm³/mol. The molecule has 7 heteroatoms. The Kier molecular flexibility index (Phi) is 3.20. The number of halogens is 7. The molecule has 0 heterocycles. The summed E-state index contributed by atoms with van der Waals surface area (Å²) in [7, 11) is 0. The third kappa shape index (κ3) is 2.08. The Morgan fingerprint density at radius 1 is 0.929 bits per heavy atom. The Hall–Kier alpha value is -0.170. The lowest BCUT2D eigenvalue weighted by Crippen LogP contribution is -2.09. The molecule has 0 saturated heterocycles. The minimum atomic E-state index is -4.82. The molecule has 0 saturated carbocycles. The molecule has 0 aliphatic heterocycles. The Balaban J connectivity index is 3.56. The molecule has 0 atom stereocenters. The van der Waals surface area contributed by atoms with E-state index in [-0.39, 0.29) is 0 Å². The largest absolute Gasteiger partial charge is 0.418 e. The summed E-state index contributed by atoms with van der Waals surface area (Å²) in [6.07, 6.45) is -4.82. The molecule has 0 amide bonds. The van der Waals surface area contributed by atoms with Crippen molar-refractivity contribution in [1.29, 1.82) is 0 Å². The molecule has 0 nitrogen and oxygen atoms in total. The molecule has 0 aromatic heterocycles. The fourth-order valence-electron chi connectivity index (χ4n) is 0.822. The fraction of sp³-hybridized carbons (Fsp3) is 0.143. The Morgan fingerprint density at radius 2 is 1.29 bits per heavy atom. The molecule has 1 aromatic rings. The zero-order valence-electron chi connectivity index (χ0n) is 6.22. The van der Waals surface area contributed by atoms with Crippen molar-refractivity contribution in [2.45, 2.75) is 6.18 Å². The Bertz CT molecular complexity index is 345. The van der Waals surface area contributed by atoms with Crippen LogP contribution >= 0.6 is 31.9 Å². The number of hydrogen-bond acceptors (Lipinski definition) is 0. The summed E-state index contributed by atoms with van der Waals surface area (Å²) in [6.45, 7) is 0. The first-order valence-electron chi connectivity index (χ1n) is 3.15. The normalized spacial score (nSPS) is 11.9. The molecule has 0 radical (unpaired) electrons. The van der Waals surface area contributed by atoms with Gasteiger partial charge in [-0.1, -0.05) is 0 Å². The number of alkyl halides is 3. The molecule has 14 heavy (non-hydrogen) atoms. The summed E-state index contributed by atoms with van der Waals surface area (Å²) in [5, 5.41) is 0. The zero-order valence-corrected chi connectivity index (χ0v) is 9.40. The van der Waals surface area contributed by atoms with Gasteiger partial charge in [-0.05, 0) is 31.9 Å². The standard InChI is InChI=1S/C7HBr2F5/c8-5-2(10)1-3(11)6(9)4(5)7(12,13)14/h1H. The van der Waals surface area contributed by atoms with Crippen LogP contribution in [0.1, 0.15) is 5.56 Å². The van der Waals surface area contributed by atoms with E-state index in [1.165, 1.54) is 0 Å². The van der Waals surface area contributed by atoms with Crippen molar-refractivity contribution in [2.24, 2.45) is 0 Å². The molecule has 0 bridgehead atoms. The maximum atomic E-state index is 12.7. The molecule has 0 N–H and O–H groups in total. The lowest BCUT2D eigenvalue weighted by atomic mass is 10.2. The maximum absolute atomic E-state index is 12.7. The average molecular weight is 340 g/mol. The van der Waals surface area contributed by atoms with Crippen LogP contribution in [0.4, 0.5) is 22.0 Å². The summed E-state index contributed by atoms with van der Waals surface area (Å²) in [6, 6.07) is 0.364. The van der Waals surface area contributed by atoms with E-state index in [0.717, 1.165) is 0 Å². The second-order valence-electron chi connectivity index (χ2n) is 2.34. The first kappa shape index (κ1) is 11.9. The smallest absolute Gasteiger partial charge is 0.206 e. The van der Waals surface area contributed by atoms with Crippen molar-refractivity contribution in [3.63, 3.8) is 0 Å². The summed E-state index contributed by atoms with van der Waals surface area (Å²) in [5.41, 5.74) is -1.39. The second-order valence-corrected chi connectivity index (χ2v) is 3.93. The number of hydrogen-bond donors (Lipinski definition) is 0. The molecule has 0 aliphatic rings. The summed E-state index contributed by atoms with van der Waals surface area (Å²) >= 11 is 4.82. The van der Waals surface area contributed by atoms with Gasteiger partial charge in [0.15, 0.2) is 0 Å². The van der Waals surface area contributed by atoms with Crippen LogP contribution in [-0.2, 0) is 6.18 Å². The highest BCUT2D eigenvalue weighted by atomic mass is 79.9.